The molecule has 2 rings (SSSR count). The molecule has 1 atom stereocenters. The Balaban J connectivity index is 2.25. The van der Waals surface area contributed by atoms with Crippen molar-refractivity contribution in [3.63, 3.8) is 0 Å². The Morgan fingerprint density at radius 3 is 2.75 bits per heavy atom. The summed E-state index contributed by atoms with van der Waals surface area (Å²) in [6.45, 7) is 2.12. The molecule has 1 aromatic carbocycles. The average Bonchev–Trinajstić information content (AvgIpc) is 3.12. The Morgan fingerprint density at radius 1 is 1.44 bits per heavy atom. The van der Waals surface area contributed by atoms with E-state index in [4.69, 9.17) is 0 Å². The molecule has 0 aromatic heterocycles. The zero-order valence-electron chi connectivity index (χ0n) is 10.0. The molecule has 0 spiro atoms. The fourth-order valence-corrected chi connectivity index (χ4v) is 2.16. The number of carbonyl (C=O) groups is 1. The first-order chi connectivity index (χ1) is 7.74. The third-order valence-electron chi connectivity index (χ3n) is 3.39. The smallest absolute Gasteiger partial charge is 0.120 e. The van der Waals surface area contributed by atoms with Crippen LogP contribution >= 0.6 is 0 Å². The molecule has 1 saturated carbocycles. The Kier molecular flexibility index (Phi) is 3.28. The fraction of sp³-hybridized carbons (Fsp3) is 0.500. The van der Waals surface area contributed by atoms with Gasteiger partial charge in [-0.15, -0.1) is 0 Å². The van der Waals surface area contributed by atoms with Gasteiger partial charge in [-0.1, -0.05) is 25.1 Å². The van der Waals surface area contributed by atoms with Gasteiger partial charge in [0.05, 0.1) is 0 Å². The van der Waals surface area contributed by atoms with Gasteiger partial charge in [0.2, 0.25) is 0 Å². The van der Waals surface area contributed by atoms with Gasteiger partial charge in [0, 0.05) is 25.2 Å². The van der Waals surface area contributed by atoms with E-state index in [1.54, 1.807) is 0 Å². The maximum Gasteiger partial charge on any atom is 0.120 e. The lowest BCUT2D eigenvalue weighted by molar-refractivity contribution is -0.108. The minimum absolute atomic E-state index is 0.315. The minimum atomic E-state index is 0.315. The average molecular weight is 217 g/mol. The minimum Gasteiger partial charge on any atom is -0.371 e. The van der Waals surface area contributed by atoms with Gasteiger partial charge in [0.25, 0.3) is 0 Å². The van der Waals surface area contributed by atoms with Gasteiger partial charge in [-0.2, -0.15) is 0 Å². The summed E-state index contributed by atoms with van der Waals surface area (Å²) >= 11 is 0. The number of rotatable bonds is 5. The summed E-state index contributed by atoms with van der Waals surface area (Å²) in [7, 11) is 2.16. The summed E-state index contributed by atoms with van der Waals surface area (Å²) in [6, 6.07) is 9.15. The Bertz CT molecular complexity index is 371. The topological polar surface area (TPSA) is 20.3 Å². The molecule has 1 unspecified atom stereocenters. The van der Waals surface area contributed by atoms with Crippen LogP contribution in [0.1, 0.15) is 37.7 Å². The Hall–Kier alpha value is -1.31. The third-order valence-corrected chi connectivity index (χ3v) is 3.39. The van der Waals surface area contributed by atoms with Gasteiger partial charge >= 0.3 is 0 Å². The molecular formula is C14H19NO. The van der Waals surface area contributed by atoms with Crippen molar-refractivity contribution in [2.24, 2.45) is 0 Å². The van der Waals surface area contributed by atoms with Crippen LogP contribution in [0.15, 0.2) is 24.3 Å². The van der Waals surface area contributed by atoms with Crippen LogP contribution in [0.25, 0.3) is 0 Å². The SMILES string of the molecule is CC(CC=O)c1ccccc1N(C)C1CC1. The second kappa shape index (κ2) is 4.69. The number of nitrogens with zero attached hydrogens (tertiary/aromatic N) is 1. The summed E-state index contributed by atoms with van der Waals surface area (Å²) < 4.78 is 0. The van der Waals surface area contributed by atoms with Gasteiger partial charge in [-0.3, -0.25) is 0 Å². The summed E-state index contributed by atoms with van der Waals surface area (Å²) in [5, 5.41) is 0. The molecule has 0 N–H and O–H groups in total. The molecule has 1 aromatic rings. The highest BCUT2D eigenvalue weighted by atomic mass is 16.1. The second-order valence-electron chi connectivity index (χ2n) is 4.70. The molecular weight excluding hydrogens is 198 g/mol. The highest BCUT2D eigenvalue weighted by molar-refractivity contribution is 5.59. The van der Waals surface area contributed by atoms with E-state index in [1.807, 2.05) is 0 Å². The molecule has 1 aliphatic rings. The van der Waals surface area contributed by atoms with Crippen molar-refractivity contribution >= 4 is 12.0 Å². The van der Waals surface area contributed by atoms with Crippen molar-refractivity contribution in [1.82, 2.24) is 0 Å². The van der Waals surface area contributed by atoms with Crippen LogP contribution in [0.2, 0.25) is 0 Å². The number of anilines is 1. The molecule has 16 heavy (non-hydrogen) atoms. The summed E-state index contributed by atoms with van der Waals surface area (Å²) in [5.74, 6) is 0.315. The molecule has 1 fully saturated rings. The maximum absolute atomic E-state index is 10.6. The normalized spacial score (nSPS) is 16.9. The van der Waals surface area contributed by atoms with E-state index in [0.29, 0.717) is 18.4 Å². The van der Waals surface area contributed by atoms with E-state index in [-0.39, 0.29) is 0 Å². The molecule has 0 radical (unpaired) electrons. The quantitative estimate of drug-likeness (QED) is 0.707. The second-order valence-corrected chi connectivity index (χ2v) is 4.70. The number of aldehydes is 1. The molecule has 1 aliphatic carbocycles. The van der Waals surface area contributed by atoms with Gasteiger partial charge in [-0.05, 0) is 30.4 Å². The number of para-hydroxylation sites is 1. The van der Waals surface area contributed by atoms with E-state index in [1.165, 1.54) is 24.1 Å². The van der Waals surface area contributed by atoms with Crippen LogP contribution in [-0.4, -0.2) is 19.4 Å². The highest BCUT2D eigenvalue weighted by Crippen LogP contribution is 2.35. The summed E-state index contributed by atoms with van der Waals surface area (Å²) in [5.41, 5.74) is 2.59. The highest BCUT2D eigenvalue weighted by Gasteiger charge is 2.28. The van der Waals surface area contributed by atoms with Crippen molar-refractivity contribution in [3.05, 3.63) is 29.8 Å². The van der Waals surface area contributed by atoms with Gasteiger partial charge in [-0.25, -0.2) is 0 Å². The molecule has 2 nitrogen and oxygen atoms in total. The lowest BCUT2D eigenvalue weighted by Gasteiger charge is -2.24. The monoisotopic (exact) mass is 217 g/mol. The summed E-state index contributed by atoms with van der Waals surface area (Å²) in [6.07, 6.45) is 4.22. The van der Waals surface area contributed by atoms with E-state index in [9.17, 15) is 4.79 Å². The predicted molar refractivity (Wildman–Crippen MR) is 67.0 cm³/mol. The lowest BCUT2D eigenvalue weighted by atomic mass is 9.96. The first-order valence-electron chi connectivity index (χ1n) is 5.99. The zero-order valence-corrected chi connectivity index (χ0v) is 10.0. The van der Waals surface area contributed by atoms with Crippen molar-refractivity contribution in [2.75, 3.05) is 11.9 Å². The standard InChI is InChI=1S/C14H19NO/c1-11(9-10-16)13-5-3-4-6-14(13)15(2)12-7-8-12/h3-6,10-12H,7-9H2,1-2H3. The van der Waals surface area contributed by atoms with Gasteiger partial charge in [0.1, 0.15) is 6.29 Å². The van der Waals surface area contributed by atoms with Crippen LogP contribution in [0, 0.1) is 0 Å². The number of benzene rings is 1. The summed E-state index contributed by atoms with van der Waals surface area (Å²) in [4.78, 5) is 13.0. The molecule has 0 heterocycles. The molecule has 0 aliphatic heterocycles. The van der Waals surface area contributed by atoms with E-state index in [0.717, 1.165) is 6.29 Å². The van der Waals surface area contributed by atoms with Crippen molar-refractivity contribution in [2.45, 2.75) is 38.1 Å². The van der Waals surface area contributed by atoms with Crippen molar-refractivity contribution in [1.29, 1.82) is 0 Å². The molecule has 2 heteroatoms. The fourth-order valence-electron chi connectivity index (χ4n) is 2.16. The Labute approximate surface area is 97.3 Å². The number of hydrogen-bond acceptors (Lipinski definition) is 2. The molecule has 0 bridgehead atoms. The van der Waals surface area contributed by atoms with Crippen LogP contribution < -0.4 is 4.90 Å². The van der Waals surface area contributed by atoms with Crippen LogP contribution in [0.4, 0.5) is 5.69 Å². The Morgan fingerprint density at radius 2 is 2.12 bits per heavy atom. The lowest BCUT2D eigenvalue weighted by Crippen LogP contribution is -2.21. The van der Waals surface area contributed by atoms with Crippen molar-refractivity contribution < 1.29 is 4.79 Å². The number of carbonyl (C=O) groups excluding carboxylic acids is 1. The number of hydrogen-bond donors (Lipinski definition) is 0. The maximum atomic E-state index is 10.6. The predicted octanol–water partition coefficient (Wildman–Crippen LogP) is 2.98. The largest absolute Gasteiger partial charge is 0.371 e. The molecule has 0 saturated heterocycles. The zero-order chi connectivity index (χ0) is 11.5. The van der Waals surface area contributed by atoms with Gasteiger partial charge in [0.15, 0.2) is 0 Å². The van der Waals surface area contributed by atoms with E-state index in [2.05, 4.69) is 43.1 Å². The van der Waals surface area contributed by atoms with Crippen LogP contribution in [-0.2, 0) is 4.79 Å². The van der Waals surface area contributed by atoms with E-state index >= 15 is 0 Å². The first kappa shape index (κ1) is 11.2. The third kappa shape index (κ3) is 2.26. The van der Waals surface area contributed by atoms with Crippen LogP contribution in [0.5, 0.6) is 0 Å². The first-order valence-corrected chi connectivity index (χ1v) is 5.99. The van der Waals surface area contributed by atoms with Gasteiger partial charge < -0.3 is 9.69 Å². The van der Waals surface area contributed by atoms with E-state index < -0.39 is 0 Å². The molecule has 0 amide bonds. The molecule has 86 valence electrons. The van der Waals surface area contributed by atoms with Crippen LogP contribution in [0.3, 0.4) is 0 Å². The van der Waals surface area contributed by atoms with Crippen molar-refractivity contribution in [3.8, 4) is 0 Å².